The van der Waals surface area contributed by atoms with Crippen LogP contribution in [0.5, 0.6) is 0 Å². The lowest BCUT2D eigenvalue weighted by Gasteiger charge is -2.27. The molecule has 2 aromatic carbocycles. The third-order valence-corrected chi connectivity index (χ3v) is 3.50. The molecule has 2 rings (SSSR count). The van der Waals surface area contributed by atoms with Crippen molar-refractivity contribution >= 4 is 5.97 Å². The van der Waals surface area contributed by atoms with Crippen molar-refractivity contribution in [3.8, 4) is 0 Å². The highest BCUT2D eigenvalue weighted by molar-refractivity contribution is 5.91. The molecule has 0 bridgehead atoms. The lowest BCUT2D eigenvalue weighted by Crippen LogP contribution is -2.22. The zero-order valence-corrected chi connectivity index (χ0v) is 11.5. The predicted molar refractivity (Wildman–Crippen MR) is 76.4 cm³/mol. The number of methoxy groups -OCH3 is 1. The first-order valence-electron chi connectivity index (χ1n) is 6.30. The summed E-state index contributed by atoms with van der Waals surface area (Å²) in [5.74, 6) is -0.292. The molecule has 0 fully saturated rings. The number of esters is 1. The summed E-state index contributed by atoms with van der Waals surface area (Å²) in [4.78, 5) is 11.9. The van der Waals surface area contributed by atoms with Gasteiger partial charge in [-0.05, 0) is 17.2 Å². The summed E-state index contributed by atoms with van der Waals surface area (Å²) < 4.78 is 4.87. The molecule has 0 spiro atoms. The smallest absolute Gasteiger partial charge is 0.338 e. The van der Waals surface area contributed by atoms with Gasteiger partial charge in [-0.3, -0.25) is 0 Å². The molecule has 0 saturated heterocycles. The van der Waals surface area contributed by atoms with Gasteiger partial charge < -0.3 is 4.74 Å². The Labute approximate surface area is 114 Å². The molecule has 0 saturated carbocycles. The van der Waals surface area contributed by atoms with E-state index in [0.717, 1.165) is 5.56 Å². The lowest BCUT2D eigenvalue weighted by molar-refractivity contribution is 0.0598. The maximum absolute atomic E-state index is 11.9. The average Bonchev–Trinajstić information content (AvgIpc) is 2.47. The summed E-state index contributed by atoms with van der Waals surface area (Å²) in [5, 5.41) is 0. The number of carbonyl (C=O) groups excluding carboxylic acids is 1. The van der Waals surface area contributed by atoms with Gasteiger partial charge in [-0.25, -0.2) is 4.79 Å². The van der Waals surface area contributed by atoms with Crippen molar-refractivity contribution in [3.05, 3.63) is 71.3 Å². The van der Waals surface area contributed by atoms with E-state index in [1.807, 2.05) is 42.5 Å². The van der Waals surface area contributed by atoms with Crippen LogP contribution in [0.4, 0.5) is 0 Å². The van der Waals surface area contributed by atoms with Gasteiger partial charge in [-0.1, -0.05) is 62.4 Å². The Hall–Kier alpha value is -2.09. The Morgan fingerprint density at radius 3 is 2.16 bits per heavy atom. The van der Waals surface area contributed by atoms with Crippen molar-refractivity contribution in [1.29, 1.82) is 0 Å². The fourth-order valence-corrected chi connectivity index (χ4v) is 2.33. The van der Waals surface area contributed by atoms with Gasteiger partial charge in [0, 0.05) is 5.41 Å². The van der Waals surface area contributed by atoms with Crippen LogP contribution in [0.15, 0.2) is 54.6 Å². The van der Waals surface area contributed by atoms with Gasteiger partial charge in [0.15, 0.2) is 0 Å². The Bertz CT molecular complexity index is 571. The molecule has 19 heavy (non-hydrogen) atoms. The molecule has 0 aliphatic heterocycles. The zero-order valence-electron chi connectivity index (χ0n) is 11.5. The molecule has 0 N–H and O–H groups in total. The van der Waals surface area contributed by atoms with Gasteiger partial charge >= 0.3 is 5.97 Å². The van der Waals surface area contributed by atoms with Crippen LogP contribution in [0, 0.1) is 0 Å². The SMILES string of the molecule is COC(=O)c1ccccc1C(C)(C)c1ccccc1. The van der Waals surface area contributed by atoms with E-state index in [1.165, 1.54) is 12.7 Å². The highest BCUT2D eigenvalue weighted by Gasteiger charge is 2.27. The first-order chi connectivity index (χ1) is 9.07. The Kier molecular flexibility index (Phi) is 3.70. The Balaban J connectivity index is 2.55. The van der Waals surface area contributed by atoms with Crippen LogP contribution in [0.2, 0.25) is 0 Å². The van der Waals surface area contributed by atoms with E-state index in [-0.39, 0.29) is 11.4 Å². The molecule has 2 nitrogen and oxygen atoms in total. The summed E-state index contributed by atoms with van der Waals surface area (Å²) in [5.41, 5.74) is 2.53. The van der Waals surface area contributed by atoms with E-state index in [9.17, 15) is 4.79 Å². The third-order valence-electron chi connectivity index (χ3n) is 3.50. The summed E-state index contributed by atoms with van der Waals surface area (Å²) in [6.07, 6.45) is 0. The normalized spacial score (nSPS) is 11.1. The van der Waals surface area contributed by atoms with Crippen LogP contribution in [0.3, 0.4) is 0 Å². The van der Waals surface area contributed by atoms with Crippen molar-refractivity contribution in [2.75, 3.05) is 7.11 Å². The average molecular weight is 254 g/mol. The minimum Gasteiger partial charge on any atom is -0.465 e. The van der Waals surface area contributed by atoms with E-state index < -0.39 is 0 Å². The number of hydrogen-bond acceptors (Lipinski definition) is 2. The Morgan fingerprint density at radius 1 is 0.947 bits per heavy atom. The van der Waals surface area contributed by atoms with Gasteiger partial charge in [-0.2, -0.15) is 0 Å². The molecule has 98 valence electrons. The van der Waals surface area contributed by atoms with Gasteiger partial charge in [0.2, 0.25) is 0 Å². The fourth-order valence-electron chi connectivity index (χ4n) is 2.33. The quantitative estimate of drug-likeness (QED) is 0.779. The second-order valence-electron chi connectivity index (χ2n) is 5.03. The van der Waals surface area contributed by atoms with Crippen LogP contribution in [-0.4, -0.2) is 13.1 Å². The third kappa shape index (κ3) is 2.53. The van der Waals surface area contributed by atoms with Crippen LogP contribution in [0.1, 0.15) is 35.3 Å². The molecule has 0 aromatic heterocycles. The number of rotatable bonds is 3. The second-order valence-corrected chi connectivity index (χ2v) is 5.03. The monoisotopic (exact) mass is 254 g/mol. The van der Waals surface area contributed by atoms with Crippen molar-refractivity contribution in [1.82, 2.24) is 0 Å². The molecule has 0 aliphatic carbocycles. The first kappa shape index (κ1) is 13.3. The van der Waals surface area contributed by atoms with E-state index in [0.29, 0.717) is 5.56 Å². The zero-order chi connectivity index (χ0) is 13.9. The summed E-state index contributed by atoms with van der Waals surface area (Å²) in [6, 6.07) is 17.8. The van der Waals surface area contributed by atoms with Gasteiger partial charge in [0.1, 0.15) is 0 Å². The number of benzene rings is 2. The van der Waals surface area contributed by atoms with E-state index >= 15 is 0 Å². The first-order valence-corrected chi connectivity index (χ1v) is 6.30. The summed E-state index contributed by atoms with van der Waals surface area (Å²) in [6.45, 7) is 4.23. The van der Waals surface area contributed by atoms with E-state index in [4.69, 9.17) is 4.74 Å². The maximum Gasteiger partial charge on any atom is 0.338 e. The second kappa shape index (κ2) is 5.27. The topological polar surface area (TPSA) is 26.3 Å². The summed E-state index contributed by atoms with van der Waals surface area (Å²) in [7, 11) is 1.41. The highest BCUT2D eigenvalue weighted by Crippen LogP contribution is 2.33. The van der Waals surface area contributed by atoms with Gasteiger partial charge in [0.05, 0.1) is 12.7 Å². The fraction of sp³-hybridized carbons (Fsp3) is 0.235. The molecule has 0 amide bonds. The van der Waals surface area contributed by atoms with Gasteiger partial charge in [0.25, 0.3) is 0 Å². The lowest BCUT2D eigenvalue weighted by atomic mass is 9.76. The maximum atomic E-state index is 11.9. The minimum atomic E-state index is -0.292. The number of hydrogen-bond donors (Lipinski definition) is 0. The molecule has 0 atom stereocenters. The van der Waals surface area contributed by atoms with Crippen molar-refractivity contribution in [2.45, 2.75) is 19.3 Å². The molecule has 0 radical (unpaired) electrons. The minimum absolute atomic E-state index is 0.244. The van der Waals surface area contributed by atoms with Gasteiger partial charge in [-0.15, -0.1) is 0 Å². The number of carbonyl (C=O) groups is 1. The molecular weight excluding hydrogens is 236 g/mol. The highest BCUT2D eigenvalue weighted by atomic mass is 16.5. The largest absolute Gasteiger partial charge is 0.465 e. The molecular formula is C17H18O2. The van der Waals surface area contributed by atoms with Crippen molar-refractivity contribution < 1.29 is 9.53 Å². The van der Waals surface area contributed by atoms with E-state index in [2.05, 4.69) is 26.0 Å². The van der Waals surface area contributed by atoms with Crippen molar-refractivity contribution in [2.24, 2.45) is 0 Å². The predicted octanol–water partition coefficient (Wildman–Crippen LogP) is 3.80. The van der Waals surface area contributed by atoms with Crippen LogP contribution >= 0.6 is 0 Å². The molecule has 2 heteroatoms. The molecule has 0 aliphatic rings. The van der Waals surface area contributed by atoms with Crippen LogP contribution in [0.25, 0.3) is 0 Å². The standard InChI is InChI=1S/C17H18O2/c1-17(2,13-9-5-4-6-10-13)15-12-8-7-11-14(15)16(18)19-3/h4-12H,1-3H3. The number of ether oxygens (including phenoxy) is 1. The molecule has 0 heterocycles. The molecule has 2 aromatic rings. The van der Waals surface area contributed by atoms with Crippen molar-refractivity contribution in [3.63, 3.8) is 0 Å². The van der Waals surface area contributed by atoms with E-state index in [1.54, 1.807) is 0 Å². The Morgan fingerprint density at radius 2 is 1.53 bits per heavy atom. The van der Waals surface area contributed by atoms with Crippen LogP contribution in [-0.2, 0) is 10.2 Å². The van der Waals surface area contributed by atoms with Crippen LogP contribution < -0.4 is 0 Å². The molecule has 0 unspecified atom stereocenters. The summed E-state index contributed by atoms with van der Waals surface area (Å²) >= 11 is 0.